The molecule has 1 aromatic carbocycles. The fourth-order valence-electron chi connectivity index (χ4n) is 6.61. The summed E-state index contributed by atoms with van der Waals surface area (Å²) in [6, 6.07) is 8.43. The van der Waals surface area contributed by atoms with Crippen LogP contribution in [0, 0.1) is 23.5 Å². The quantitative estimate of drug-likeness (QED) is 0.235. The van der Waals surface area contributed by atoms with Crippen LogP contribution in [-0.2, 0) is 11.3 Å². The number of benzene rings is 1. The van der Waals surface area contributed by atoms with E-state index in [1.807, 2.05) is 23.1 Å². The molecule has 1 N–H and O–H groups in total. The lowest BCUT2D eigenvalue weighted by molar-refractivity contribution is -0.131. The van der Waals surface area contributed by atoms with Gasteiger partial charge in [-0.1, -0.05) is 17.2 Å². The Bertz CT molecular complexity index is 2200. The van der Waals surface area contributed by atoms with Gasteiger partial charge < -0.3 is 24.4 Å². The molecule has 0 radical (unpaired) electrons. The van der Waals surface area contributed by atoms with Crippen molar-refractivity contribution in [2.75, 3.05) is 51.3 Å². The fourth-order valence-corrected chi connectivity index (χ4v) is 6.61. The van der Waals surface area contributed by atoms with Crippen LogP contribution in [0.2, 0.25) is 0 Å². The second-order valence-electron chi connectivity index (χ2n) is 12.3. The lowest BCUT2D eigenvalue weighted by Gasteiger charge is -2.35. The molecule has 0 aliphatic carbocycles. The lowest BCUT2D eigenvalue weighted by atomic mass is 9.93. The molecular formula is C37H35F2N9O3. The molecule has 7 rings (SSSR count). The van der Waals surface area contributed by atoms with Crippen LogP contribution in [0.4, 0.5) is 14.6 Å². The number of rotatable bonds is 8. The van der Waals surface area contributed by atoms with Crippen molar-refractivity contribution >= 4 is 34.1 Å². The maximum absolute atomic E-state index is 16.7. The predicted octanol–water partition coefficient (Wildman–Crippen LogP) is 4.54. The molecule has 2 aliphatic rings. The SMILES string of the molecule is CC#Cc1cc(-c2cc(C3=CCCN(C(=O)CCn4ccnn4)C3)c(F)c3[nH]c(C(=O)N4CCN(c5ncc(F)cc5OC)CC4)cc23)ccn1. The summed E-state index contributed by atoms with van der Waals surface area (Å²) < 4.78 is 37.3. The number of anilines is 1. The molecule has 0 bridgehead atoms. The lowest BCUT2D eigenvalue weighted by Crippen LogP contribution is -2.49. The molecule has 51 heavy (non-hydrogen) atoms. The Labute approximate surface area is 292 Å². The summed E-state index contributed by atoms with van der Waals surface area (Å²) in [4.78, 5) is 44.1. The van der Waals surface area contributed by atoms with Crippen molar-refractivity contribution < 1.29 is 23.1 Å². The van der Waals surface area contributed by atoms with Crippen LogP contribution in [-0.4, -0.2) is 97.9 Å². The average Bonchev–Trinajstić information content (AvgIpc) is 3.86. The van der Waals surface area contributed by atoms with Crippen LogP contribution >= 0.6 is 0 Å². The van der Waals surface area contributed by atoms with Crippen molar-refractivity contribution in [1.82, 2.24) is 39.7 Å². The maximum atomic E-state index is 16.7. The fraction of sp³-hybridized carbons (Fsp3) is 0.297. The summed E-state index contributed by atoms with van der Waals surface area (Å²) in [7, 11) is 1.46. The molecule has 4 aromatic heterocycles. The Balaban J connectivity index is 1.19. The Morgan fingerprint density at radius 2 is 1.84 bits per heavy atom. The number of halogens is 2. The van der Waals surface area contributed by atoms with E-state index in [0.717, 1.165) is 11.8 Å². The summed E-state index contributed by atoms with van der Waals surface area (Å²) in [5.74, 6) is 5.35. The van der Waals surface area contributed by atoms with E-state index < -0.39 is 11.6 Å². The zero-order valence-corrected chi connectivity index (χ0v) is 28.2. The van der Waals surface area contributed by atoms with E-state index in [-0.39, 0.29) is 36.0 Å². The number of nitrogens with one attached hydrogen (secondary N) is 1. The number of aromatic nitrogens is 6. The third kappa shape index (κ3) is 6.87. The standard InChI is InChI=1S/C37H35F2N9O3/c1-3-5-27-18-24(7-9-40-27)28-20-29(25-6-4-11-47(23-25)33(49)8-12-48-13-10-42-44-48)34(39)35-30(28)21-31(43-35)37(50)46-16-14-45(15-17-46)36-32(51-2)19-26(38)22-41-36/h6-7,9-10,13,18-22,43H,4,8,11-12,14-17,23H2,1-2H3. The zero-order valence-electron chi connectivity index (χ0n) is 28.2. The van der Waals surface area contributed by atoms with E-state index in [1.54, 1.807) is 52.1 Å². The molecule has 14 heteroatoms. The number of H-pyrrole nitrogens is 1. The summed E-state index contributed by atoms with van der Waals surface area (Å²) in [6.07, 6.45) is 8.84. The highest BCUT2D eigenvalue weighted by molar-refractivity contribution is 6.04. The number of aromatic amines is 1. The summed E-state index contributed by atoms with van der Waals surface area (Å²) in [6.45, 7) is 4.53. The Hall–Kier alpha value is -6.10. The van der Waals surface area contributed by atoms with Gasteiger partial charge in [-0.05, 0) is 60.2 Å². The molecule has 5 aromatic rings. The molecule has 1 fully saturated rings. The van der Waals surface area contributed by atoms with Crippen LogP contribution in [0.1, 0.15) is 41.5 Å². The molecule has 12 nitrogen and oxygen atoms in total. The molecule has 0 atom stereocenters. The van der Waals surface area contributed by atoms with Gasteiger partial charge >= 0.3 is 0 Å². The first-order chi connectivity index (χ1) is 24.8. The minimum absolute atomic E-state index is 0.0590. The van der Waals surface area contributed by atoms with E-state index in [2.05, 4.69) is 37.1 Å². The van der Waals surface area contributed by atoms with Crippen LogP contribution in [0.5, 0.6) is 5.75 Å². The number of piperazine rings is 1. The first-order valence-electron chi connectivity index (χ1n) is 16.6. The van der Waals surface area contributed by atoms with Crippen LogP contribution < -0.4 is 9.64 Å². The number of amides is 2. The summed E-state index contributed by atoms with van der Waals surface area (Å²) in [5.41, 5.74) is 3.50. The smallest absolute Gasteiger partial charge is 0.270 e. The molecular weight excluding hydrogens is 656 g/mol. The van der Waals surface area contributed by atoms with Crippen molar-refractivity contribution in [3.8, 4) is 28.7 Å². The second-order valence-corrected chi connectivity index (χ2v) is 12.3. The van der Waals surface area contributed by atoms with Gasteiger partial charge in [0.1, 0.15) is 17.2 Å². The second kappa shape index (κ2) is 14.4. The molecule has 6 heterocycles. The van der Waals surface area contributed by atoms with Gasteiger partial charge in [0.15, 0.2) is 17.4 Å². The Morgan fingerprint density at radius 1 is 1.00 bits per heavy atom. The summed E-state index contributed by atoms with van der Waals surface area (Å²) >= 11 is 0. The van der Waals surface area contributed by atoms with Gasteiger partial charge in [-0.15, -0.1) is 5.10 Å². The van der Waals surface area contributed by atoms with Gasteiger partial charge in [0, 0.05) is 75.1 Å². The minimum Gasteiger partial charge on any atom is -0.493 e. The molecule has 0 saturated carbocycles. The highest BCUT2D eigenvalue weighted by Gasteiger charge is 2.28. The number of aryl methyl sites for hydroxylation is 1. The highest BCUT2D eigenvalue weighted by atomic mass is 19.1. The van der Waals surface area contributed by atoms with Gasteiger partial charge in [0.25, 0.3) is 5.91 Å². The molecule has 0 spiro atoms. The predicted molar refractivity (Wildman–Crippen MR) is 187 cm³/mol. The average molecular weight is 692 g/mol. The van der Waals surface area contributed by atoms with E-state index in [1.165, 1.54) is 13.2 Å². The highest BCUT2D eigenvalue weighted by Crippen LogP contribution is 2.37. The van der Waals surface area contributed by atoms with Gasteiger partial charge in [-0.2, -0.15) is 0 Å². The molecule has 260 valence electrons. The minimum atomic E-state index is -0.502. The topological polar surface area (TPSA) is 125 Å². The third-order valence-corrected chi connectivity index (χ3v) is 9.17. The van der Waals surface area contributed by atoms with Crippen molar-refractivity contribution in [1.29, 1.82) is 0 Å². The van der Waals surface area contributed by atoms with Gasteiger partial charge in [-0.3, -0.25) is 14.3 Å². The number of nitrogens with zero attached hydrogens (tertiary/aromatic N) is 8. The number of hydrogen-bond acceptors (Lipinski definition) is 8. The number of carbonyl (C=O) groups is 2. The van der Waals surface area contributed by atoms with Crippen molar-refractivity contribution in [2.24, 2.45) is 0 Å². The molecule has 1 saturated heterocycles. The monoisotopic (exact) mass is 691 g/mol. The number of methoxy groups -OCH3 is 1. The number of fused-ring (bicyclic) bond motifs is 1. The molecule has 2 aliphatic heterocycles. The van der Waals surface area contributed by atoms with Crippen molar-refractivity contribution in [3.05, 3.63) is 89.8 Å². The van der Waals surface area contributed by atoms with Gasteiger partial charge in [0.05, 0.1) is 31.6 Å². The van der Waals surface area contributed by atoms with Crippen LogP contribution in [0.25, 0.3) is 27.6 Å². The molecule has 0 unspecified atom stereocenters. The van der Waals surface area contributed by atoms with Crippen LogP contribution in [0.3, 0.4) is 0 Å². The number of pyridine rings is 2. The van der Waals surface area contributed by atoms with Crippen molar-refractivity contribution in [3.63, 3.8) is 0 Å². The van der Waals surface area contributed by atoms with E-state index in [4.69, 9.17) is 4.74 Å². The Morgan fingerprint density at radius 3 is 2.61 bits per heavy atom. The van der Waals surface area contributed by atoms with Crippen LogP contribution in [0.15, 0.2) is 61.2 Å². The third-order valence-electron chi connectivity index (χ3n) is 9.17. The number of ether oxygens (including phenoxy) is 1. The van der Waals surface area contributed by atoms with E-state index >= 15 is 4.39 Å². The van der Waals surface area contributed by atoms with Crippen molar-refractivity contribution in [2.45, 2.75) is 26.3 Å². The summed E-state index contributed by atoms with van der Waals surface area (Å²) in [5, 5.41) is 8.26. The van der Waals surface area contributed by atoms with Gasteiger partial charge in [-0.25, -0.2) is 18.7 Å². The Kier molecular flexibility index (Phi) is 9.43. The first-order valence-corrected chi connectivity index (χ1v) is 16.6. The van der Waals surface area contributed by atoms with E-state index in [0.29, 0.717) is 85.0 Å². The molecule has 2 amide bonds. The number of hydrogen-bond donors (Lipinski definition) is 1. The van der Waals surface area contributed by atoms with E-state index in [9.17, 15) is 14.0 Å². The normalized spacial score (nSPS) is 14.7. The largest absolute Gasteiger partial charge is 0.493 e. The maximum Gasteiger partial charge on any atom is 0.270 e. The first kappa shape index (κ1) is 33.4. The van der Waals surface area contributed by atoms with Gasteiger partial charge in [0.2, 0.25) is 5.91 Å². The number of carbonyl (C=O) groups excluding carboxylic acids is 2. The zero-order chi connectivity index (χ0) is 35.5.